The van der Waals surface area contributed by atoms with E-state index in [0.29, 0.717) is 15.9 Å². The van der Waals surface area contributed by atoms with Crippen LogP contribution in [-0.2, 0) is 10.9 Å². The Kier molecular flexibility index (Phi) is 5.50. The molecule has 28 heavy (non-hydrogen) atoms. The number of aromatic nitrogens is 2. The number of rotatable bonds is 5. The Labute approximate surface area is 161 Å². The van der Waals surface area contributed by atoms with E-state index in [0.717, 1.165) is 6.20 Å². The van der Waals surface area contributed by atoms with Crippen LogP contribution in [0.2, 0.25) is 0 Å². The first-order chi connectivity index (χ1) is 13.3. The van der Waals surface area contributed by atoms with E-state index >= 15 is 0 Å². The number of thiophene rings is 1. The minimum Gasteiger partial charge on any atom is -0.462 e. The van der Waals surface area contributed by atoms with Crippen LogP contribution in [0.3, 0.4) is 0 Å². The lowest BCUT2D eigenvalue weighted by Gasteiger charge is -2.13. The maximum Gasteiger partial charge on any atom is 0.434 e. The van der Waals surface area contributed by atoms with Crippen molar-refractivity contribution >= 4 is 28.9 Å². The summed E-state index contributed by atoms with van der Waals surface area (Å²) in [7, 11) is 0. The molecule has 1 amide bonds. The number of anilines is 1. The zero-order valence-corrected chi connectivity index (χ0v) is 15.3. The minimum atomic E-state index is -4.82. The summed E-state index contributed by atoms with van der Waals surface area (Å²) in [6.07, 6.45) is -3.99. The van der Waals surface area contributed by atoms with Crippen LogP contribution in [0.1, 0.15) is 33.3 Å². The first kappa shape index (κ1) is 19.6. The standard InChI is InChI=1S/C18H14F3N3O3S/c1-2-27-17(26)14-9-22-24(15(14)18(19,20)21)13-5-3-12(4-6-13)23-16(25)11-7-8-28-10-11/h3-10H,2H2,1H3,(H,23,25). The van der Waals surface area contributed by atoms with Crippen LogP contribution < -0.4 is 5.32 Å². The molecule has 0 radical (unpaired) electrons. The number of hydrogen-bond acceptors (Lipinski definition) is 5. The Bertz CT molecular complexity index is 980. The van der Waals surface area contributed by atoms with Crippen LogP contribution in [0, 0.1) is 0 Å². The molecule has 3 aromatic rings. The van der Waals surface area contributed by atoms with Gasteiger partial charge in [-0.05, 0) is 42.6 Å². The number of alkyl halides is 3. The molecule has 0 bridgehead atoms. The molecule has 0 unspecified atom stereocenters. The van der Waals surface area contributed by atoms with Gasteiger partial charge in [-0.2, -0.15) is 29.6 Å². The Morgan fingerprint density at radius 3 is 2.50 bits per heavy atom. The molecule has 0 fully saturated rings. The molecule has 0 saturated heterocycles. The smallest absolute Gasteiger partial charge is 0.434 e. The summed E-state index contributed by atoms with van der Waals surface area (Å²) in [6.45, 7) is 1.44. The second kappa shape index (κ2) is 7.85. The van der Waals surface area contributed by atoms with Crippen LogP contribution in [0.4, 0.5) is 18.9 Å². The number of halogens is 3. The zero-order chi connectivity index (χ0) is 20.3. The van der Waals surface area contributed by atoms with Crippen molar-refractivity contribution in [3.63, 3.8) is 0 Å². The molecule has 10 heteroatoms. The number of esters is 1. The SMILES string of the molecule is CCOC(=O)c1cnn(-c2ccc(NC(=O)c3ccsc3)cc2)c1C(F)(F)F. The van der Waals surface area contributed by atoms with E-state index in [1.807, 2.05) is 0 Å². The highest BCUT2D eigenvalue weighted by molar-refractivity contribution is 7.08. The number of nitrogens with zero attached hydrogens (tertiary/aromatic N) is 2. The summed E-state index contributed by atoms with van der Waals surface area (Å²) in [5, 5.41) is 9.79. The van der Waals surface area contributed by atoms with Crippen molar-refractivity contribution in [1.29, 1.82) is 0 Å². The molecule has 0 atom stereocenters. The highest BCUT2D eigenvalue weighted by Gasteiger charge is 2.41. The number of benzene rings is 1. The van der Waals surface area contributed by atoms with Crippen molar-refractivity contribution in [3.8, 4) is 5.69 Å². The predicted octanol–water partition coefficient (Wildman–Crippen LogP) is 4.38. The van der Waals surface area contributed by atoms with Crippen molar-refractivity contribution in [2.75, 3.05) is 11.9 Å². The van der Waals surface area contributed by atoms with Gasteiger partial charge in [0.15, 0.2) is 5.69 Å². The van der Waals surface area contributed by atoms with Crippen LogP contribution in [0.25, 0.3) is 5.69 Å². The first-order valence-electron chi connectivity index (χ1n) is 8.07. The summed E-state index contributed by atoms with van der Waals surface area (Å²) < 4.78 is 45.8. The second-order valence-electron chi connectivity index (χ2n) is 5.55. The molecule has 0 aliphatic carbocycles. The maximum absolute atomic E-state index is 13.5. The molecule has 146 valence electrons. The second-order valence-corrected chi connectivity index (χ2v) is 6.33. The van der Waals surface area contributed by atoms with Gasteiger partial charge in [0.2, 0.25) is 0 Å². The number of ether oxygens (including phenoxy) is 1. The first-order valence-corrected chi connectivity index (χ1v) is 9.02. The quantitative estimate of drug-likeness (QED) is 0.635. The van der Waals surface area contributed by atoms with Crippen molar-refractivity contribution < 1.29 is 27.5 Å². The summed E-state index contributed by atoms with van der Waals surface area (Å²) in [6, 6.07) is 7.28. The molecule has 0 saturated carbocycles. The third kappa shape index (κ3) is 4.06. The molecule has 2 aromatic heterocycles. The monoisotopic (exact) mass is 409 g/mol. The van der Waals surface area contributed by atoms with E-state index in [2.05, 4.69) is 15.2 Å². The van der Waals surface area contributed by atoms with E-state index in [-0.39, 0.29) is 18.2 Å². The van der Waals surface area contributed by atoms with Gasteiger partial charge in [0.1, 0.15) is 5.56 Å². The number of carbonyl (C=O) groups is 2. The fraction of sp³-hybridized carbons (Fsp3) is 0.167. The fourth-order valence-electron chi connectivity index (χ4n) is 2.46. The summed E-state index contributed by atoms with van der Waals surface area (Å²) in [5.74, 6) is -1.42. The van der Waals surface area contributed by atoms with Crippen molar-refractivity contribution in [1.82, 2.24) is 9.78 Å². The topological polar surface area (TPSA) is 73.2 Å². The molecule has 0 spiro atoms. The van der Waals surface area contributed by atoms with Gasteiger partial charge in [-0.1, -0.05) is 0 Å². The van der Waals surface area contributed by atoms with E-state index in [1.54, 1.807) is 16.8 Å². The van der Waals surface area contributed by atoms with Gasteiger partial charge in [0.25, 0.3) is 5.91 Å². The van der Waals surface area contributed by atoms with Crippen LogP contribution in [0.5, 0.6) is 0 Å². The van der Waals surface area contributed by atoms with E-state index in [1.165, 1.54) is 42.5 Å². The molecule has 0 aliphatic heterocycles. The lowest BCUT2D eigenvalue weighted by atomic mass is 10.2. The van der Waals surface area contributed by atoms with Gasteiger partial charge >= 0.3 is 12.1 Å². The molecule has 1 aromatic carbocycles. The highest BCUT2D eigenvalue weighted by Crippen LogP contribution is 2.34. The number of carbonyl (C=O) groups excluding carboxylic acids is 2. The molecule has 3 rings (SSSR count). The normalized spacial score (nSPS) is 11.3. The van der Waals surface area contributed by atoms with Crippen molar-refractivity contribution in [2.24, 2.45) is 0 Å². The largest absolute Gasteiger partial charge is 0.462 e. The highest BCUT2D eigenvalue weighted by atomic mass is 32.1. The molecule has 6 nitrogen and oxygen atoms in total. The molecular formula is C18H14F3N3O3S. The molecule has 2 heterocycles. The Balaban J connectivity index is 1.89. The molecule has 1 N–H and O–H groups in total. The Morgan fingerprint density at radius 2 is 1.93 bits per heavy atom. The third-order valence-corrected chi connectivity index (χ3v) is 4.37. The van der Waals surface area contributed by atoms with Crippen LogP contribution in [-0.4, -0.2) is 28.3 Å². The van der Waals surface area contributed by atoms with Crippen molar-refractivity contribution in [3.05, 3.63) is 64.1 Å². The minimum absolute atomic E-state index is 0.0557. The van der Waals surface area contributed by atoms with Gasteiger partial charge in [0.05, 0.1) is 24.1 Å². The van der Waals surface area contributed by atoms with Gasteiger partial charge < -0.3 is 10.1 Å². The van der Waals surface area contributed by atoms with E-state index in [9.17, 15) is 22.8 Å². The maximum atomic E-state index is 13.5. The molecular weight excluding hydrogens is 395 g/mol. The lowest BCUT2D eigenvalue weighted by Crippen LogP contribution is -2.18. The van der Waals surface area contributed by atoms with Gasteiger partial charge in [-0.3, -0.25) is 4.79 Å². The zero-order valence-electron chi connectivity index (χ0n) is 14.5. The van der Waals surface area contributed by atoms with Crippen LogP contribution >= 0.6 is 11.3 Å². The molecule has 0 aliphatic rings. The lowest BCUT2D eigenvalue weighted by molar-refractivity contribution is -0.143. The predicted molar refractivity (Wildman–Crippen MR) is 96.8 cm³/mol. The summed E-state index contributed by atoms with van der Waals surface area (Å²) in [5.41, 5.74) is -0.910. The number of amides is 1. The van der Waals surface area contributed by atoms with Crippen molar-refractivity contribution in [2.45, 2.75) is 13.1 Å². The fourth-order valence-corrected chi connectivity index (χ4v) is 3.09. The summed E-state index contributed by atoms with van der Waals surface area (Å²) >= 11 is 1.37. The van der Waals surface area contributed by atoms with Gasteiger partial charge in [-0.15, -0.1) is 0 Å². The van der Waals surface area contributed by atoms with E-state index in [4.69, 9.17) is 0 Å². The average molecular weight is 409 g/mol. The third-order valence-electron chi connectivity index (χ3n) is 3.69. The van der Waals surface area contributed by atoms with E-state index < -0.39 is 23.4 Å². The Morgan fingerprint density at radius 1 is 1.21 bits per heavy atom. The Hall–Kier alpha value is -3.14. The summed E-state index contributed by atoms with van der Waals surface area (Å²) in [4.78, 5) is 23.9. The van der Waals surface area contributed by atoms with Crippen LogP contribution in [0.15, 0.2) is 47.3 Å². The average Bonchev–Trinajstić information content (AvgIpc) is 3.32. The number of nitrogens with one attached hydrogen (secondary N) is 1. The van der Waals surface area contributed by atoms with Gasteiger partial charge in [0, 0.05) is 11.1 Å². The number of hydrogen-bond donors (Lipinski definition) is 1. The van der Waals surface area contributed by atoms with Gasteiger partial charge in [-0.25, -0.2) is 9.48 Å².